The third-order valence-electron chi connectivity index (χ3n) is 4.30. The second kappa shape index (κ2) is 5.00. The van der Waals surface area contributed by atoms with E-state index in [4.69, 9.17) is 16.3 Å². The standard InChI is InChI=1S/C13H18ClN5O/c14-11-15-12(18-5-1-2-6-18)17-13(16-11)19-7-9-3-4-10(8-19)20-9/h9-10H,1-8H2. The number of anilines is 2. The third-order valence-corrected chi connectivity index (χ3v) is 4.47. The monoisotopic (exact) mass is 295 g/mol. The molecule has 3 aliphatic heterocycles. The first kappa shape index (κ1) is 12.6. The van der Waals surface area contributed by atoms with Crippen LogP contribution in [0.5, 0.6) is 0 Å². The van der Waals surface area contributed by atoms with Crippen molar-refractivity contribution < 1.29 is 4.74 Å². The number of hydrogen-bond acceptors (Lipinski definition) is 6. The summed E-state index contributed by atoms with van der Waals surface area (Å²) in [7, 11) is 0. The van der Waals surface area contributed by atoms with Crippen LogP contribution in [0.2, 0.25) is 5.28 Å². The number of nitrogens with zero attached hydrogens (tertiary/aromatic N) is 5. The molecule has 108 valence electrons. The molecule has 0 aliphatic carbocycles. The van der Waals surface area contributed by atoms with Crippen molar-refractivity contribution in [3.8, 4) is 0 Å². The predicted octanol–water partition coefficient (Wildman–Crippen LogP) is 1.49. The summed E-state index contributed by atoms with van der Waals surface area (Å²) in [6.45, 7) is 3.73. The van der Waals surface area contributed by atoms with Crippen LogP contribution in [0, 0.1) is 0 Å². The molecule has 6 nitrogen and oxygen atoms in total. The molecule has 0 aromatic carbocycles. The SMILES string of the molecule is Clc1nc(N2CCCC2)nc(N2CC3CCC(C2)O3)n1. The van der Waals surface area contributed by atoms with E-state index in [2.05, 4.69) is 24.8 Å². The highest BCUT2D eigenvalue weighted by Crippen LogP contribution is 2.29. The molecule has 4 heterocycles. The molecule has 2 unspecified atom stereocenters. The van der Waals surface area contributed by atoms with Gasteiger partial charge in [-0.2, -0.15) is 15.0 Å². The number of rotatable bonds is 2. The molecule has 0 N–H and O–H groups in total. The zero-order valence-corrected chi connectivity index (χ0v) is 12.1. The first-order chi connectivity index (χ1) is 9.78. The Labute approximate surface area is 123 Å². The van der Waals surface area contributed by atoms with E-state index in [0.717, 1.165) is 45.0 Å². The van der Waals surface area contributed by atoms with Gasteiger partial charge in [0.05, 0.1) is 12.2 Å². The van der Waals surface area contributed by atoms with E-state index in [1.54, 1.807) is 0 Å². The maximum atomic E-state index is 6.09. The molecule has 0 saturated carbocycles. The number of ether oxygens (including phenoxy) is 1. The summed E-state index contributed by atoms with van der Waals surface area (Å²) in [6, 6.07) is 0. The number of aromatic nitrogens is 3. The molecular weight excluding hydrogens is 278 g/mol. The second-order valence-electron chi connectivity index (χ2n) is 5.76. The van der Waals surface area contributed by atoms with Crippen molar-refractivity contribution in [2.45, 2.75) is 37.9 Å². The highest BCUT2D eigenvalue weighted by Gasteiger charge is 2.35. The summed E-state index contributed by atoms with van der Waals surface area (Å²) < 4.78 is 5.85. The van der Waals surface area contributed by atoms with E-state index >= 15 is 0 Å². The van der Waals surface area contributed by atoms with Gasteiger partial charge in [-0.25, -0.2) is 0 Å². The van der Waals surface area contributed by atoms with Gasteiger partial charge in [0.15, 0.2) is 0 Å². The highest BCUT2D eigenvalue weighted by molar-refractivity contribution is 6.28. The lowest BCUT2D eigenvalue weighted by molar-refractivity contribution is 0.0299. The minimum absolute atomic E-state index is 0.288. The van der Waals surface area contributed by atoms with Crippen LogP contribution < -0.4 is 9.80 Å². The Hall–Kier alpha value is -1.14. The van der Waals surface area contributed by atoms with Gasteiger partial charge in [0.1, 0.15) is 0 Å². The first-order valence-electron chi connectivity index (χ1n) is 7.35. The largest absolute Gasteiger partial charge is 0.371 e. The van der Waals surface area contributed by atoms with Crippen molar-refractivity contribution in [1.29, 1.82) is 0 Å². The van der Waals surface area contributed by atoms with Crippen LogP contribution in [0.25, 0.3) is 0 Å². The van der Waals surface area contributed by atoms with Crippen LogP contribution >= 0.6 is 11.6 Å². The van der Waals surface area contributed by atoms with Gasteiger partial charge in [0.2, 0.25) is 17.2 Å². The Bertz CT molecular complexity index is 496. The lowest BCUT2D eigenvalue weighted by Gasteiger charge is -2.32. The number of halogens is 1. The Balaban J connectivity index is 1.60. The molecule has 0 radical (unpaired) electrons. The van der Waals surface area contributed by atoms with Gasteiger partial charge in [-0.05, 0) is 37.3 Å². The minimum atomic E-state index is 0.288. The van der Waals surface area contributed by atoms with E-state index in [1.165, 1.54) is 12.8 Å². The Morgan fingerprint density at radius 3 is 2.15 bits per heavy atom. The van der Waals surface area contributed by atoms with Crippen LogP contribution in [0.15, 0.2) is 0 Å². The highest BCUT2D eigenvalue weighted by atomic mass is 35.5. The van der Waals surface area contributed by atoms with Crippen molar-refractivity contribution in [3.63, 3.8) is 0 Å². The summed E-state index contributed by atoms with van der Waals surface area (Å²) >= 11 is 6.09. The summed E-state index contributed by atoms with van der Waals surface area (Å²) in [4.78, 5) is 17.6. The summed E-state index contributed by atoms with van der Waals surface area (Å²) in [5.41, 5.74) is 0. The van der Waals surface area contributed by atoms with Crippen molar-refractivity contribution in [2.75, 3.05) is 36.0 Å². The molecule has 2 bridgehead atoms. The van der Waals surface area contributed by atoms with E-state index in [9.17, 15) is 0 Å². The van der Waals surface area contributed by atoms with Crippen molar-refractivity contribution >= 4 is 23.5 Å². The topological polar surface area (TPSA) is 54.4 Å². The molecular formula is C13H18ClN5O. The van der Waals surface area contributed by atoms with Crippen LogP contribution in [-0.4, -0.2) is 53.3 Å². The first-order valence-corrected chi connectivity index (χ1v) is 7.73. The molecule has 20 heavy (non-hydrogen) atoms. The number of morpholine rings is 1. The normalized spacial score (nSPS) is 29.2. The Kier molecular flexibility index (Phi) is 3.15. The van der Waals surface area contributed by atoms with Crippen LogP contribution in [0.1, 0.15) is 25.7 Å². The molecule has 0 amide bonds. The van der Waals surface area contributed by atoms with Crippen LogP contribution in [-0.2, 0) is 4.74 Å². The molecule has 4 rings (SSSR count). The van der Waals surface area contributed by atoms with E-state index in [0.29, 0.717) is 18.2 Å². The zero-order chi connectivity index (χ0) is 13.5. The minimum Gasteiger partial charge on any atom is -0.371 e. The van der Waals surface area contributed by atoms with Gasteiger partial charge in [-0.3, -0.25) is 0 Å². The van der Waals surface area contributed by atoms with E-state index in [1.807, 2.05) is 0 Å². The fourth-order valence-electron chi connectivity index (χ4n) is 3.31. The number of fused-ring (bicyclic) bond motifs is 2. The molecule has 2 atom stereocenters. The maximum Gasteiger partial charge on any atom is 0.231 e. The average Bonchev–Trinajstić information content (AvgIpc) is 3.08. The maximum absolute atomic E-state index is 6.09. The Morgan fingerprint density at radius 2 is 1.50 bits per heavy atom. The summed E-state index contributed by atoms with van der Waals surface area (Å²) in [6.07, 6.45) is 5.30. The van der Waals surface area contributed by atoms with Crippen LogP contribution in [0.4, 0.5) is 11.9 Å². The van der Waals surface area contributed by atoms with Gasteiger partial charge >= 0.3 is 0 Å². The van der Waals surface area contributed by atoms with E-state index in [-0.39, 0.29) is 5.28 Å². The quantitative estimate of drug-likeness (QED) is 0.824. The molecule has 1 aromatic heterocycles. The fraction of sp³-hybridized carbons (Fsp3) is 0.769. The molecule has 7 heteroatoms. The summed E-state index contributed by atoms with van der Waals surface area (Å²) in [5.74, 6) is 1.42. The van der Waals surface area contributed by atoms with Gasteiger partial charge in [-0.15, -0.1) is 0 Å². The molecule has 0 spiro atoms. The zero-order valence-electron chi connectivity index (χ0n) is 11.3. The predicted molar refractivity (Wildman–Crippen MR) is 76.4 cm³/mol. The average molecular weight is 296 g/mol. The van der Waals surface area contributed by atoms with Crippen molar-refractivity contribution in [3.05, 3.63) is 5.28 Å². The van der Waals surface area contributed by atoms with Crippen molar-refractivity contribution in [2.24, 2.45) is 0 Å². The molecule has 1 aromatic rings. The van der Waals surface area contributed by atoms with Gasteiger partial charge in [0, 0.05) is 26.2 Å². The molecule has 3 aliphatic rings. The van der Waals surface area contributed by atoms with Crippen molar-refractivity contribution in [1.82, 2.24) is 15.0 Å². The fourth-order valence-corrected chi connectivity index (χ4v) is 3.46. The van der Waals surface area contributed by atoms with Gasteiger partial charge in [0.25, 0.3) is 0 Å². The third kappa shape index (κ3) is 2.31. The lowest BCUT2D eigenvalue weighted by Crippen LogP contribution is -2.43. The number of hydrogen-bond donors (Lipinski definition) is 0. The van der Waals surface area contributed by atoms with Crippen LogP contribution in [0.3, 0.4) is 0 Å². The molecule has 3 saturated heterocycles. The van der Waals surface area contributed by atoms with Gasteiger partial charge < -0.3 is 14.5 Å². The van der Waals surface area contributed by atoms with Gasteiger partial charge in [-0.1, -0.05) is 0 Å². The smallest absolute Gasteiger partial charge is 0.231 e. The Morgan fingerprint density at radius 1 is 0.900 bits per heavy atom. The second-order valence-corrected chi connectivity index (χ2v) is 6.10. The lowest BCUT2D eigenvalue weighted by atomic mass is 10.2. The van der Waals surface area contributed by atoms with E-state index < -0.39 is 0 Å². The summed E-state index contributed by atoms with van der Waals surface area (Å²) in [5, 5.41) is 0.288. The molecule has 3 fully saturated rings.